The lowest BCUT2D eigenvalue weighted by atomic mass is 9.82. The molecule has 1 fully saturated rings. The van der Waals surface area contributed by atoms with E-state index >= 15 is 0 Å². The minimum absolute atomic E-state index is 0.186. The monoisotopic (exact) mass is 466 g/mol. The van der Waals surface area contributed by atoms with E-state index in [4.69, 9.17) is 4.74 Å². The lowest BCUT2D eigenvalue weighted by molar-refractivity contribution is -0.122. The fourth-order valence-electron chi connectivity index (χ4n) is 4.70. The Morgan fingerprint density at radius 3 is 2.40 bits per heavy atom. The molecule has 0 saturated carbocycles. The highest BCUT2D eigenvalue weighted by molar-refractivity contribution is 6.22. The van der Waals surface area contributed by atoms with Crippen LogP contribution in [0.5, 0.6) is 11.5 Å². The molecule has 6 nitrogen and oxygen atoms in total. The number of rotatable bonds is 5. The summed E-state index contributed by atoms with van der Waals surface area (Å²) in [7, 11) is 0. The van der Waals surface area contributed by atoms with Gasteiger partial charge in [0.1, 0.15) is 11.5 Å². The summed E-state index contributed by atoms with van der Waals surface area (Å²) in [6.07, 6.45) is 3.23. The minimum atomic E-state index is -0.326. The van der Waals surface area contributed by atoms with Gasteiger partial charge < -0.3 is 10.1 Å². The van der Waals surface area contributed by atoms with Crippen LogP contribution in [0.2, 0.25) is 0 Å². The van der Waals surface area contributed by atoms with Gasteiger partial charge in [-0.25, -0.2) is 0 Å². The number of aryl methyl sites for hydroxylation is 1. The zero-order valence-electron chi connectivity index (χ0n) is 19.7. The van der Waals surface area contributed by atoms with E-state index < -0.39 is 0 Å². The van der Waals surface area contributed by atoms with Crippen molar-refractivity contribution in [3.05, 3.63) is 95.6 Å². The van der Waals surface area contributed by atoms with Crippen molar-refractivity contribution in [2.24, 2.45) is 11.8 Å². The molecule has 1 aliphatic heterocycles. The zero-order valence-corrected chi connectivity index (χ0v) is 19.7. The molecule has 1 heterocycles. The van der Waals surface area contributed by atoms with E-state index in [0.29, 0.717) is 35.5 Å². The molecule has 0 spiro atoms. The highest BCUT2D eigenvalue weighted by Gasteiger charge is 2.48. The molecule has 3 amide bonds. The van der Waals surface area contributed by atoms with E-state index in [9.17, 15) is 14.4 Å². The summed E-state index contributed by atoms with van der Waals surface area (Å²) in [4.78, 5) is 40.1. The fraction of sp³-hybridized carbons (Fsp3) is 0.207. The number of hydrogen-bond acceptors (Lipinski definition) is 4. The molecule has 6 heteroatoms. The third kappa shape index (κ3) is 4.60. The maximum atomic E-state index is 13.0. The van der Waals surface area contributed by atoms with Crippen molar-refractivity contribution in [3.8, 4) is 11.5 Å². The molecule has 3 aromatic rings. The number of anilines is 2. The van der Waals surface area contributed by atoms with Gasteiger partial charge in [-0.15, -0.1) is 0 Å². The molecule has 1 aliphatic carbocycles. The molecule has 35 heavy (non-hydrogen) atoms. The molecule has 1 N–H and O–H groups in total. The van der Waals surface area contributed by atoms with E-state index in [2.05, 4.69) is 5.32 Å². The highest BCUT2D eigenvalue weighted by Crippen LogP contribution is 2.39. The van der Waals surface area contributed by atoms with Gasteiger partial charge in [-0.2, -0.15) is 0 Å². The van der Waals surface area contributed by atoms with Gasteiger partial charge in [-0.3, -0.25) is 19.3 Å². The molecule has 2 aliphatic rings. The van der Waals surface area contributed by atoms with Crippen molar-refractivity contribution in [1.82, 2.24) is 0 Å². The van der Waals surface area contributed by atoms with Crippen LogP contribution in [0.1, 0.15) is 35.7 Å². The van der Waals surface area contributed by atoms with E-state index in [-0.39, 0.29) is 29.6 Å². The van der Waals surface area contributed by atoms with Crippen LogP contribution in [0.25, 0.3) is 0 Å². The van der Waals surface area contributed by atoms with E-state index in [1.54, 1.807) is 48.5 Å². The highest BCUT2D eigenvalue weighted by atomic mass is 16.5. The zero-order chi connectivity index (χ0) is 24.5. The fourth-order valence-corrected chi connectivity index (χ4v) is 4.70. The first-order chi connectivity index (χ1) is 16.9. The number of carbonyl (C=O) groups is 3. The van der Waals surface area contributed by atoms with Gasteiger partial charge >= 0.3 is 0 Å². The Hall–Kier alpha value is -4.19. The Labute approximate surface area is 204 Å². The summed E-state index contributed by atoms with van der Waals surface area (Å²) in [5.41, 5.74) is 3.65. The standard InChI is InChI=1S/C29H26N2O4/c1-18-5-3-8-24(15-18)35-23-12-10-21(11-13-23)30-27(32)20-6-4-7-22(17-20)31-28(33)25-14-9-19(2)16-26(25)29(31)34/h3-13,15,17,25-26H,14,16H2,1-2H3,(H,30,32)/t25-,26-/m0/s1. The SMILES string of the molecule is CC1=CC[C@@H]2C(=O)N(c3cccc(C(=O)Nc4ccc(Oc5cccc(C)c5)cc4)c3)C(=O)[C@H]2C1. The molecular weight excluding hydrogens is 440 g/mol. The Balaban J connectivity index is 1.28. The van der Waals surface area contributed by atoms with Gasteiger partial charge in [0.15, 0.2) is 0 Å². The van der Waals surface area contributed by atoms with Gasteiger partial charge in [0.25, 0.3) is 5.91 Å². The average molecular weight is 467 g/mol. The van der Waals surface area contributed by atoms with E-state index in [1.807, 2.05) is 44.2 Å². The number of benzene rings is 3. The molecule has 2 atom stereocenters. The molecule has 5 rings (SSSR count). The summed E-state index contributed by atoms with van der Waals surface area (Å²) in [5.74, 6) is 0.0749. The largest absolute Gasteiger partial charge is 0.457 e. The van der Waals surface area contributed by atoms with Gasteiger partial charge in [0.2, 0.25) is 11.8 Å². The summed E-state index contributed by atoms with van der Waals surface area (Å²) >= 11 is 0. The third-order valence-corrected chi connectivity index (χ3v) is 6.53. The Morgan fingerprint density at radius 2 is 1.63 bits per heavy atom. The molecule has 3 aromatic carbocycles. The summed E-state index contributed by atoms with van der Waals surface area (Å²) < 4.78 is 5.86. The minimum Gasteiger partial charge on any atom is -0.457 e. The van der Waals surface area contributed by atoms with Gasteiger partial charge in [0.05, 0.1) is 17.5 Å². The van der Waals surface area contributed by atoms with Crippen molar-refractivity contribution >= 4 is 29.1 Å². The Kier molecular flexibility index (Phi) is 5.95. The van der Waals surface area contributed by atoms with Crippen LogP contribution in [0.3, 0.4) is 0 Å². The second kappa shape index (κ2) is 9.22. The number of nitrogens with one attached hydrogen (secondary N) is 1. The predicted molar refractivity (Wildman–Crippen MR) is 135 cm³/mol. The smallest absolute Gasteiger partial charge is 0.255 e. The van der Waals surface area contributed by atoms with Crippen molar-refractivity contribution in [2.45, 2.75) is 26.7 Å². The van der Waals surface area contributed by atoms with Crippen molar-refractivity contribution < 1.29 is 19.1 Å². The lowest BCUT2D eigenvalue weighted by Crippen LogP contribution is -2.31. The molecule has 176 valence electrons. The normalized spacial score (nSPS) is 19.3. The quantitative estimate of drug-likeness (QED) is 0.376. The van der Waals surface area contributed by atoms with Crippen molar-refractivity contribution in [1.29, 1.82) is 0 Å². The first-order valence-corrected chi connectivity index (χ1v) is 11.7. The number of carbonyl (C=O) groups excluding carboxylic acids is 3. The van der Waals surface area contributed by atoms with Crippen LogP contribution in [0.4, 0.5) is 11.4 Å². The summed E-state index contributed by atoms with van der Waals surface area (Å²) in [6, 6.07) is 21.5. The number of nitrogens with zero attached hydrogens (tertiary/aromatic N) is 1. The second-order valence-electron chi connectivity index (χ2n) is 9.16. The van der Waals surface area contributed by atoms with Crippen LogP contribution in [-0.4, -0.2) is 17.7 Å². The number of allylic oxidation sites excluding steroid dienone is 2. The van der Waals surface area contributed by atoms with Gasteiger partial charge in [-0.1, -0.05) is 29.8 Å². The molecule has 0 bridgehead atoms. The molecule has 0 radical (unpaired) electrons. The Bertz CT molecular complexity index is 1340. The number of imide groups is 1. The number of ether oxygens (including phenoxy) is 1. The molecular formula is C29H26N2O4. The maximum Gasteiger partial charge on any atom is 0.255 e. The maximum absolute atomic E-state index is 13.0. The first kappa shape index (κ1) is 22.6. The van der Waals surface area contributed by atoms with Gasteiger partial charge in [0, 0.05) is 11.3 Å². The van der Waals surface area contributed by atoms with Crippen LogP contribution < -0.4 is 15.0 Å². The number of hydrogen-bond donors (Lipinski definition) is 1. The first-order valence-electron chi connectivity index (χ1n) is 11.7. The van der Waals surface area contributed by atoms with Crippen LogP contribution in [-0.2, 0) is 9.59 Å². The number of amides is 3. The molecule has 0 aromatic heterocycles. The van der Waals surface area contributed by atoms with Crippen molar-refractivity contribution in [2.75, 3.05) is 10.2 Å². The number of fused-ring (bicyclic) bond motifs is 1. The van der Waals surface area contributed by atoms with Crippen LogP contribution >= 0.6 is 0 Å². The van der Waals surface area contributed by atoms with Crippen LogP contribution in [0, 0.1) is 18.8 Å². The topological polar surface area (TPSA) is 75.7 Å². The summed E-state index contributed by atoms with van der Waals surface area (Å²) in [6.45, 7) is 3.99. The predicted octanol–water partition coefficient (Wildman–Crippen LogP) is 5.89. The second-order valence-corrected chi connectivity index (χ2v) is 9.16. The van der Waals surface area contributed by atoms with Crippen molar-refractivity contribution in [3.63, 3.8) is 0 Å². The van der Waals surface area contributed by atoms with Gasteiger partial charge in [-0.05, 0) is 86.8 Å². The summed E-state index contributed by atoms with van der Waals surface area (Å²) in [5, 5.41) is 2.86. The molecule has 1 saturated heterocycles. The lowest BCUT2D eigenvalue weighted by Gasteiger charge is -2.18. The Morgan fingerprint density at radius 1 is 0.886 bits per heavy atom. The molecule has 0 unspecified atom stereocenters. The van der Waals surface area contributed by atoms with Crippen LogP contribution in [0.15, 0.2) is 84.4 Å². The van der Waals surface area contributed by atoms with E-state index in [0.717, 1.165) is 16.9 Å². The van der Waals surface area contributed by atoms with E-state index in [1.165, 1.54) is 4.90 Å². The third-order valence-electron chi connectivity index (χ3n) is 6.53. The average Bonchev–Trinajstić information content (AvgIpc) is 3.09.